The van der Waals surface area contributed by atoms with E-state index in [1.807, 2.05) is 6.07 Å². The number of ether oxygens (including phenoxy) is 1. The minimum Gasteiger partial charge on any atom is -0.496 e. The van der Waals surface area contributed by atoms with E-state index < -0.39 is 0 Å². The van der Waals surface area contributed by atoms with Crippen LogP contribution in [0.4, 0.5) is 0 Å². The minimum absolute atomic E-state index is 0.599. The van der Waals surface area contributed by atoms with E-state index in [1.165, 1.54) is 37.7 Å². The van der Waals surface area contributed by atoms with E-state index in [4.69, 9.17) is 4.74 Å². The van der Waals surface area contributed by atoms with E-state index >= 15 is 0 Å². The fourth-order valence-electron chi connectivity index (χ4n) is 3.31. The number of benzene rings is 1. The predicted octanol–water partition coefficient (Wildman–Crippen LogP) is 3.80. The summed E-state index contributed by atoms with van der Waals surface area (Å²) in [6.45, 7) is 3.26. The topological polar surface area (TPSA) is 21.3 Å². The molecule has 1 fully saturated rings. The van der Waals surface area contributed by atoms with Crippen molar-refractivity contribution in [2.75, 3.05) is 13.7 Å². The molecule has 0 amide bonds. The first-order valence-corrected chi connectivity index (χ1v) is 7.70. The summed E-state index contributed by atoms with van der Waals surface area (Å²) in [6, 6.07) is 9.03. The van der Waals surface area contributed by atoms with E-state index in [-0.39, 0.29) is 0 Å². The highest BCUT2D eigenvalue weighted by atomic mass is 16.5. The summed E-state index contributed by atoms with van der Waals surface area (Å²) in [4.78, 5) is 0. The Labute approximate surface area is 117 Å². The molecule has 0 saturated heterocycles. The molecule has 0 heterocycles. The molecule has 0 aliphatic heterocycles. The van der Waals surface area contributed by atoms with Gasteiger partial charge in [0.1, 0.15) is 5.75 Å². The highest BCUT2D eigenvalue weighted by Crippen LogP contribution is 2.29. The molecule has 2 nitrogen and oxygen atoms in total. The molecule has 0 radical (unpaired) electrons. The van der Waals surface area contributed by atoms with Crippen LogP contribution < -0.4 is 10.1 Å². The van der Waals surface area contributed by atoms with Gasteiger partial charge in [-0.25, -0.2) is 0 Å². The Hall–Kier alpha value is -1.02. The summed E-state index contributed by atoms with van der Waals surface area (Å²) >= 11 is 0. The van der Waals surface area contributed by atoms with Crippen molar-refractivity contribution in [2.24, 2.45) is 5.92 Å². The molecular weight excluding hydrogens is 234 g/mol. The number of hydrogen-bond acceptors (Lipinski definition) is 2. The first-order valence-electron chi connectivity index (χ1n) is 7.70. The predicted molar refractivity (Wildman–Crippen MR) is 80.7 cm³/mol. The van der Waals surface area contributed by atoms with Crippen molar-refractivity contribution in [1.82, 2.24) is 5.32 Å². The van der Waals surface area contributed by atoms with Crippen LogP contribution in [0.15, 0.2) is 24.3 Å². The molecule has 1 N–H and O–H groups in total. The second-order valence-corrected chi connectivity index (χ2v) is 5.58. The molecule has 0 aromatic heterocycles. The molecule has 2 heteroatoms. The van der Waals surface area contributed by atoms with Gasteiger partial charge in [0, 0.05) is 6.04 Å². The zero-order valence-electron chi connectivity index (χ0n) is 12.3. The summed E-state index contributed by atoms with van der Waals surface area (Å²) < 4.78 is 5.48. The van der Waals surface area contributed by atoms with Crippen LogP contribution in [-0.4, -0.2) is 19.7 Å². The zero-order valence-corrected chi connectivity index (χ0v) is 12.3. The highest BCUT2D eigenvalue weighted by molar-refractivity contribution is 5.34. The van der Waals surface area contributed by atoms with Crippen molar-refractivity contribution in [1.29, 1.82) is 0 Å². The third-order valence-electron chi connectivity index (χ3n) is 4.32. The Bertz CT molecular complexity index is 371. The van der Waals surface area contributed by atoms with Gasteiger partial charge in [-0.1, -0.05) is 44.4 Å². The molecule has 1 aliphatic rings. The van der Waals surface area contributed by atoms with Crippen LogP contribution >= 0.6 is 0 Å². The van der Waals surface area contributed by atoms with Crippen LogP contribution in [0.5, 0.6) is 5.75 Å². The Kier molecular flexibility index (Phi) is 5.71. The molecule has 19 heavy (non-hydrogen) atoms. The highest BCUT2D eigenvalue weighted by Gasteiger charge is 2.23. The van der Waals surface area contributed by atoms with E-state index in [2.05, 4.69) is 30.4 Å². The van der Waals surface area contributed by atoms with E-state index in [0.717, 1.165) is 24.6 Å². The van der Waals surface area contributed by atoms with Gasteiger partial charge in [-0.2, -0.15) is 0 Å². The van der Waals surface area contributed by atoms with Gasteiger partial charge in [0.2, 0.25) is 0 Å². The van der Waals surface area contributed by atoms with Crippen molar-refractivity contribution < 1.29 is 4.74 Å². The quantitative estimate of drug-likeness (QED) is 0.841. The fraction of sp³-hybridized carbons (Fsp3) is 0.647. The molecule has 1 aliphatic carbocycles. The molecule has 0 bridgehead atoms. The summed E-state index contributed by atoms with van der Waals surface area (Å²) in [6.07, 6.45) is 8.07. The van der Waals surface area contributed by atoms with Crippen molar-refractivity contribution in [2.45, 2.75) is 51.5 Å². The van der Waals surface area contributed by atoms with Gasteiger partial charge >= 0.3 is 0 Å². The minimum atomic E-state index is 0.599. The first-order chi connectivity index (χ1) is 9.35. The Morgan fingerprint density at radius 3 is 2.63 bits per heavy atom. The maximum atomic E-state index is 5.48. The fourth-order valence-corrected chi connectivity index (χ4v) is 3.31. The van der Waals surface area contributed by atoms with Crippen LogP contribution in [0.3, 0.4) is 0 Å². The second-order valence-electron chi connectivity index (χ2n) is 5.58. The molecule has 1 aromatic carbocycles. The van der Waals surface area contributed by atoms with Crippen molar-refractivity contribution in [3.8, 4) is 5.75 Å². The molecule has 1 saturated carbocycles. The molecule has 1 unspecified atom stereocenters. The Morgan fingerprint density at radius 2 is 1.95 bits per heavy atom. The largest absolute Gasteiger partial charge is 0.496 e. The Balaban J connectivity index is 2.06. The third-order valence-corrected chi connectivity index (χ3v) is 4.32. The van der Waals surface area contributed by atoms with E-state index in [1.54, 1.807) is 7.11 Å². The zero-order chi connectivity index (χ0) is 13.5. The van der Waals surface area contributed by atoms with Crippen LogP contribution in [0.2, 0.25) is 0 Å². The number of hydrogen-bond donors (Lipinski definition) is 1. The van der Waals surface area contributed by atoms with Crippen molar-refractivity contribution in [3.63, 3.8) is 0 Å². The smallest absolute Gasteiger partial charge is 0.122 e. The summed E-state index contributed by atoms with van der Waals surface area (Å²) in [7, 11) is 1.77. The van der Waals surface area contributed by atoms with Gasteiger partial charge in [0.05, 0.1) is 7.11 Å². The molecule has 0 spiro atoms. The monoisotopic (exact) mass is 261 g/mol. The van der Waals surface area contributed by atoms with Crippen LogP contribution in [0, 0.1) is 5.92 Å². The van der Waals surface area contributed by atoms with Gasteiger partial charge in [-0.3, -0.25) is 0 Å². The Morgan fingerprint density at radius 1 is 1.21 bits per heavy atom. The first kappa shape index (κ1) is 14.4. The molecular formula is C17H27NO. The molecule has 106 valence electrons. The van der Waals surface area contributed by atoms with Crippen LogP contribution in [0.25, 0.3) is 0 Å². The van der Waals surface area contributed by atoms with E-state index in [9.17, 15) is 0 Å². The lowest BCUT2D eigenvalue weighted by Gasteiger charge is -2.31. The maximum Gasteiger partial charge on any atom is 0.122 e. The lowest BCUT2D eigenvalue weighted by Crippen LogP contribution is -2.39. The van der Waals surface area contributed by atoms with Gasteiger partial charge in [-0.05, 0) is 43.4 Å². The number of nitrogens with one attached hydrogen (secondary N) is 1. The lowest BCUT2D eigenvalue weighted by atomic mass is 9.81. The SMILES string of the molecule is CCNC(Cc1ccccc1OC)C1CCCCC1. The maximum absolute atomic E-state index is 5.48. The molecule has 1 aromatic rings. The number of likely N-dealkylation sites (N-methyl/N-ethyl adjacent to an activating group) is 1. The third kappa shape index (κ3) is 3.97. The van der Waals surface area contributed by atoms with Gasteiger partial charge < -0.3 is 10.1 Å². The molecule has 2 rings (SSSR count). The number of rotatable bonds is 6. The lowest BCUT2D eigenvalue weighted by molar-refractivity contribution is 0.268. The van der Waals surface area contributed by atoms with E-state index in [0.29, 0.717) is 6.04 Å². The van der Waals surface area contributed by atoms with Crippen molar-refractivity contribution in [3.05, 3.63) is 29.8 Å². The van der Waals surface area contributed by atoms with Crippen LogP contribution in [-0.2, 0) is 6.42 Å². The number of methoxy groups -OCH3 is 1. The normalized spacial score (nSPS) is 18.2. The van der Waals surface area contributed by atoms with Crippen LogP contribution in [0.1, 0.15) is 44.6 Å². The number of para-hydroxylation sites is 1. The van der Waals surface area contributed by atoms with Gasteiger partial charge in [0.15, 0.2) is 0 Å². The van der Waals surface area contributed by atoms with Gasteiger partial charge in [0.25, 0.3) is 0 Å². The average Bonchev–Trinajstić information content (AvgIpc) is 2.48. The second kappa shape index (κ2) is 7.54. The average molecular weight is 261 g/mol. The summed E-state index contributed by atoms with van der Waals surface area (Å²) in [5, 5.41) is 3.70. The summed E-state index contributed by atoms with van der Waals surface area (Å²) in [5.74, 6) is 1.86. The summed E-state index contributed by atoms with van der Waals surface area (Å²) in [5.41, 5.74) is 1.33. The molecule has 1 atom stereocenters. The van der Waals surface area contributed by atoms with Crippen molar-refractivity contribution >= 4 is 0 Å². The standard InChI is InChI=1S/C17H27NO/c1-3-18-16(14-9-5-4-6-10-14)13-15-11-7-8-12-17(15)19-2/h7-8,11-12,14,16,18H,3-6,9-10,13H2,1-2H3. The van der Waals surface area contributed by atoms with Gasteiger partial charge in [-0.15, -0.1) is 0 Å².